The third-order valence-corrected chi connectivity index (χ3v) is 6.93. The number of hydrogen-bond donors (Lipinski definition) is 4. The first kappa shape index (κ1) is 24.6. The highest BCUT2D eigenvalue weighted by Crippen LogP contribution is 2.13. The smallest absolute Gasteiger partial charge is 0.248 e. The maximum atomic E-state index is 13.2. The van der Waals surface area contributed by atoms with E-state index in [9.17, 15) is 22.4 Å². The van der Waals surface area contributed by atoms with Crippen molar-refractivity contribution < 1.29 is 22.4 Å². The summed E-state index contributed by atoms with van der Waals surface area (Å²) < 4.78 is 41.5. The normalized spacial score (nSPS) is 13.2. The Morgan fingerprint density at radius 1 is 1.12 bits per heavy atom. The highest BCUT2D eigenvalue weighted by molar-refractivity contribution is 7.89. The van der Waals surface area contributed by atoms with E-state index in [-0.39, 0.29) is 16.4 Å². The number of sulfonamides is 1. The lowest BCUT2D eigenvalue weighted by atomic mass is 10.1. The van der Waals surface area contributed by atoms with E-state index in [1.54, 1.807) is 30.3 Å². The van der Waals surface area contributed by atoms with Crippen molar-refractivity contribution in [3.63, 3.8) is 0 Å². The summed E-state index contributed by atoms with van der Waals surface area (Å²) in [4.78, 5) is 25.2. The van der Waals surface area contributed by atoms with Crippen LogP contribution in [-0.2, 0) is 26.0 Å². The van der Waals surface area contributed by atoms with Gasteiger partial charge in [-0.3, -0.25) is 20.0 Å². The summed E-state index contributed by atoms with van der Waals surface area (Å²) in [5.41, 5.74) is 0.702. The monoisotopic (exact) mass is 509 g/mol. The molecule has 0 spiro atoms. The summed E-state index contributed by atoms with van der Waals surface area (Å²) >= 11 is 5.96. The summed E-state index contributed by atoms with van der Waals surface area (Å²) in [5, 5.41) is 11.6. The fourth-order valence-electron chi connectivity index (χ4n) is 2.78. The van der Waals surface area contributed by atoms with Crippen LogP contribution in [0.3, 0.4) is 0 Å². The molecule has 3 rings (SSSR count). The van der Waals surface area contributed by atoms with E-state index >= 15 is 0 Å². The molecule has 3 aromatic rings. The van der Waals surface area contributed by atoms with E-state index in [1.807, 2.05) is 0 Å². The molecule has 1 aromatic heterocycles. The van der Waals surface area contributed by atoms with Crippen molar-refractivity contribution in [1.82, 2.24) is 20.2 Å². The standard InChI is InChI=1S/C20H20FN5O4S3/c1-12(17(27)23-19-24-25-20(31)32-19)22-18(28)16(11-13-5-3-2-4-6-13)26-33(29,30)15-9-7-14(21)8-10-15/h2-10,12,16,26H,11H2,1H3,(H,22,28)(H,25,31)(H,23,24,27)/t12-,16-/m0/s1. The topological polar surface area (TPSA) is 133 Å². The van der Waals surface area contributed by atoms with Gasteiger partial charge in [0.15, 0.2) is 3.95 Å². The molecule has 0 saturated carbocycles. The summed E-state index contributed by atoms with van der Waals surface area (Å²) in [7, 11) is -4.15. The van der Waals surface area contributed by atoms with Crippen LogP contribution in [0.2, 0.25) is 0 Å². The van der Waals surface area contributed by atoms with Crippen molar-refractivity contribution in [2.24, 2.45) is 0 Å². The average Bonchev–Trinajstić information content (AvgIpc) is 3.18. The molecule has 0 saturated heterocycles. The molecule has 174 valence electrons. The van der Waals surface area contributed by atoms with Crippen molar-refractivity contribution in [2.75, 3.05) is 5.32 Å². The van der Waals surface area contributed by atoms with Crippen LogP contribution in [0.5, 0.6) is 0 Å². The lowest BCUT2D eigenvalue weighted by molar-refractivity contribution is -0.127. The zero-order chi connectivity index (χ0) is 24.0. The highest BCUT2D eigenvalue weighted by Gasteiger charge is 2.28. The van der Waals surface area contributed by atoms with Crippen molar-refractivity contribution in [1.29, 1.82) is 0 Å². The number of nitrogens with zero attached hydrogens (tertiary/aromatic N) is 1. The minimum atomic E-state index is -4.15. The first-order chi connectivity index (χ1) is 15.6. The molecule has 0 aliphatic rings. The lowest BCUT2D eigenvalue weighted by Gasteiger charge is -2.21. The van der Waals surface area contributed by atoms with Crippen molar-refractivity contribution in [2.45, 2.75) is 30.3 Å². The Kier molecular flexibility index (Phi) is 8.02. The first-order valence-corrected chi connectivity index (χ1v) is 12.3. The number of halogens is 1. The van der Waals surface area contributed by atoms with Crippen LogP contribution < -0.4 is 15.4 Å². The summed E-state index contributed by atoms with van der Waals surface area (Å²) in [6.45, 7) is 1.45. The van der Waals surface area contributed by atoms with E-state index in [4.69, 9.17) is 12.2 Å². The van der Waals surface area contributed by atoms with Gasteiger partial charge in [0.2, 0.25) is 27.0 Å². The summed E-state index contributed by atoms with van der Waals surface area (Å²) in [6, 6.07) is 10.8. The number of carbonyl (C=O) groups is 2. The molecule has 4 N–H and O–H groups in total. The quantitative estimate of drug-likeness (QED) is 0.327. The Balaban J connectivity index is 1.76. The molecule has 0 radical (unpaired) electrons. The molecule has 13 heteroatoms. The predicted octanol–water partition coefficient (Wildman–Crippen LogP) is 2.37. The molecule has 0 unspecified atom stereocenters. The number of rotatable bonds is 9. The second-order valence-corrected chi connectivity index (χ2v) is 10.3. The summed E-state index contributed by atoms with van der Waals surface area (Å²) in [5.74, 6) is -1.85. The number of benzene rings is 2. The number of anilines is 1. The lowest BCUT2D eigenvalue weighted by Crippen LogP contribution is -2.52. The van der Waals surface area contributed by atoms with Crippen molar-refractivity contribution >= 4 is 50.5 Å². The molecule has 1 heterocycles. The molecule has 33 heavy (non-hydrogen) atoms. The van der Waals surface area contributed by atoms with Crippen LogP contribution in [0, 0.1) is 9.77 Å². The number of aromatic amines is 1. The third kappa shape index (κ3) is 6.99. The van der Waals surface area contributed by atoms with Crippen LogP contribution in [0.15, 0.2) is 59.5 Å². The molecule has 0 aliphatic heterocycles. The number of carbonyl (C=O) groups excluding carboxylic acids is 2. The molecule has 0 fully saturated rings. The SMILES string of the molecule is C[C@H](NC(=O)[C@H](Cc1ccccc1)NS(=O)(=O)c1ccc(F)cc1)C(=O)Nc1n[nH]c(=S)s1. The summed E-state index contributed by atoms with van der Waals surface area (Å²) in [6.07, 6.45) is 0.0299. The second kappa shape index (κ2) is 10.7. The van der Waals surface area contributed by atoms with Crippen LogP contribution >= 0.6 is 23.6 Å². The zero-order valence-electron chi connectivity index (χ0n) is 17.2. The van der Waals surface area contributed by atoms with Crippen LogP contribution in [0.1, 0.15) is 12.5 Å². The van der Waals surface area contributed by atoms with E-state index in [0.717, 1.165) is 35.6 Å². The van der Waals surface area contributed by atoms with E-state index in [1.165, 1.54) is 6.92 Å². The Hall–Kier alpha value is -3.00. The highest BCUT2D eigenvalue weighted by atomic mass is 32.2. The number of hydrogen-bond acceptors (Lipinski definition) is 7. The van der Waals surface area contributed by atoms with Gasteiger partial charge in [0.1, 0.15) is 17.9 Å². The van der Waals surface area contributed by atoms with Crippen LogP contribution in [-0.4, -0.2) is 42.5 Å². The molecule has 0 aliphatic carbocycles. The fraction of sp³-hybridized carbons (Fsp3) is 0.200. The van der Waals surface area contributed by atoms with E-state index in [0.29, 0.717) is 9.52 Å². The molecular formula is C20H20FN5O4S3. The zero-order valence-corrected chi connectivity index (χ0v) is 19.7. The van der Waals surface area contributed by atoms with Gasteiger partial charge in [0.25, 0.3) is 0 Å². The minimum Gasteiger partial charge on any atom is -0.343 e. The Morgan fingerprint density at radius 3 is 2.39 bits per heavy atom. The molecule has 2 aromatic carbocycles. The number of H-pyrrole nitrogens is 1. The molecule has 2 amide bonds. The molecule has 2 atom stereocenters. The van der Waals surface area contributed by atoms with Gasteiger partial charge in [-0.25, -0.2) is 12.8 Å². The van der Waals surface area contributed by atoms with E-state index < -0.39 is 39.7 Å². The van der Waals surface area contributed by atoms with Gasteiger partial charge in [0.05, 0.1) is 4.90 Å². The van der Waals surface area contributed by atoms with Crippen LogP contribution in [0.4, 0.5) is 9.52 Å². The second-order valence-electron chi connectivity index (χ2n) is 6.96. The molecule has 9 nitrogen and oxygen atoms in total. The number of nitrogens with one attached hydrogen (secondary N) is 4. The Morgan fingerprint density at radius 2 is 1.79 bits per heavy atom. The first-order valence-electron chi connectivity index (χ1n) is 9.62. The van der Waals surface area contributed by atoms with Gasteiger partial charge >= 0.3 is 0 Å². The maximum absolute atomic E-state index is 13.2. The molecule has 0 bridgehead atoms. The van der Waals surface area contributed by atoms with Gasteiger partial charge < -0.3 is 5.32 Å². The maximum Gasteiger partial charge on any atom is 0.248 e. The van der Waals surface area contributed by atoms with Gasteiger partial charge in [-0.05, 0) is 55.4 Å². The van der Waals surface area contributed by atoms with Crippen LogP contribution in [0.25, 0.3) is 0 Å². The van der Waals surface area contributed by atoms with Crippen molar-refractivity contribution in [3.05, 3.63) is 69.9 Å². The minimum absolute atomic E-state index is 0.0299. The van der Waals surface area contributed by atoms with Gasteiger partial charge in [-0.15, -0.1) is 5.10 Å². The van der Waals surface area contributed by atoms with E-state index in [2.05, 4.69) is 25.6 Å². The molecular weight excluding hydrogens is 489 g/mol. The van der Waals surface area contributed by atoms with Crippen molar-refractivity contribution in [3.8, 4) is 0 Å². The Bertz CT molecular complexity index is 1280. The van der Waals surface area contributed by atoms with Gasteiger partial charge in [-0.2, -0.15) is 4.72 Å². The predicted molar refractivity (Wildman–Crippen MR) is 124 cm³/mol. The van der Waals surface area contributed by atoms with Gasteiger partial charge in [-0.1, -0.05) is 41.7 Å². The number of amides is 2. The largest absolute Gasteiger partial charge is 0.343 e. The number of aromatic nitrogens is 2. The van der Waals surface area contributed by atoms with Gasteiger partial charge in [0, 0.05) is 0 Å². The third-order valence-electron chi connectivity index (χ3n) is 4.44. The Labute approximate surface area is 198 Å². The fourth-order valence-corrected chi connectivity index (χ4v) is 4.77. The average molecular weight is 510 g/mol.